The van der Waals surface area contributed by atoms with E-state index < -0.39 is 5.60 Å². The van der Waals surface area contributed by atoms with E-state index in [0.717, 1.165) is 31.8 Å². The van der Waals surface area contributed by atoms with Crippen LogP contribution in [0.4, 0.5) is 0 Å². The monoisotopic (exact) mass is 281 g/mol. The summed E-state index contributed by atoms with van der Waals surface area (Å²) < 4.78 is 0. The first kappa shape index (κ1) is 15.6. The van der Waals surface area contributed by atoms with Crippen molar-refractivity contribution in [1.29, 1.82) is 0 Å². The Kier molecular flexibility index (Phi) is 4.95. The van der Waals surface area contributed by atoms with Gasteiger partial charge >= 0.3 is 0 Å². The Hall–Kier alpha value is -0.770. The fourth-order valence-corrected chi connectivity index (χ4v) is 3.03. The average Bonchev–Trinajstić information content (AvgIpc) is 2.36. The molecule has 2 fully saturated rings. The second kappa shape index (κ2) is 6.33. The lowest BCUT2D eigenvalue weighted by molar-refractivity contribution is -0.0236. The van der Waals surface area contributed by atoms with Crippen LogP contribution in [-0.4, -0.2) is 35.8 Å². The fraction of sp³-hybridized carbons (Fsp3) is 0.938. The minimum absolute atomic E-state index is 0.495. The quantitative estimate of drug-likeness (QED) is 0.548. The average molecular weight is 281 g/mol. The maximum absolute atomic E-state index is 10.1. The van der Waals surface area contributed by atoms with Gasteiger partial charge in [-0.1, -0.05) is 13.8 Å². The van der Waals surface area contributed by atoms with Crippen molar-refractivity contribution >= 4 is 5.96 Å². The molecular weight excluding hydrogens is 250 g/mol. The van der Waals surface area contributed by atoms with Crippen molar-refractivity contribution in [3.8, 4) is 0 Å². The van der Waals surface area contributed by atoms with E-state index in [1.165, 1.54) is 25.7 Å². The third-order valence-electron chi connectivity index (χ3n) is 4.84. The third-order valence-corrected chi connectivity index (χ3v) is 4.84. The summed E-state index contributed by atoms with van der Waals surface area (Å²) in [6, 6.07) is 0.525. The van der Waals surface area contributed by atoms with Crippen LogP contribution in [0.25, 0.3) is 0 Å². The first-order valence-corrected chi connectivity index (χ1v) is 8.20. The van der Waals surface area contributed by atoms with Crippen molar-refractivity contribution in [3.63, 3.8) is 0 Å². The minimum atomic E-state index is -0.531. The van der Waals surface area contributed by atoms with Crippen molar-refractivity contribution < 1.29 is 5.11 Å². The largest absolute Gasteiger partial charge is 0.388 e. The van der Waals surface area contributed by atoms with Crippen molar-refractivity contribution in [3.05, 3.63) is 0 Å². The first-order valence-electron chi connectivity index (χ1n) is 8.20. The zero-order valence-corrected chi connectivity index (χ0v) is 13.3. The standard InChI is InChI=1S/C16H31N3O/c1-4-17-14(18-12-16(20)8-5-9-16)19-13-6-10-15(2,3)11-7-13/h13,20H,4-12H2,1-3H3,(H2,17,18,19). The van der Waals surface area contributed by atoms with Gasteiger partial charge in [-0.05, 0) is 57.3 Å². The molecule has 2 rings (SSSR count). The van der Waals surface area contributed by atoms with Crippen LogP contribution >= 0.6 is 0 Å². The predicted octanol–water partition coefficient (Wildman–Crippen LogP) is 2.43. The molecule has 0 aromatic carbocycles. The number of nitrogens with zero attached hydrogens (tertiary/aromatic N) is 1. The zero-order valence-electron chi connectivity index (χ0n) is 13.3. The molecule has 2 saturated carbocycles. The lowest BCUT2D eigenvalue weighted by Crippen LogP contribution is -2.47. The Morgan fingerprint density at radius 3 is 2.35 bits per heavy atom. The van der Waals surface area contributed by atoms with E-state index in [4.69, 9.17) is 0 Å². The number of rotatable bonds is 4. The Labute approximate surface area is 123 Å². The van der Waals surface area contributed by atoms with Gasteiger partial charge in [0.2, 0.25) is 0 Å². The summed E-state index contributed by atoms with van der Waals surface area (Å²) in [7, 11) is 0. The lowest BCUT2D eigenvalue weighted by atomic mass is 9.75. The van der Waals surface area contributed by atoms with Gasteiger partial charge in [0.1, 0.15) is 0 Å². The summed E-state index contributed by atoms with van der Waals surface area (Å²) in [4.78, 5) is 4.58. The summed E-state index contributed by atoms with van der Waals surface area (Å²) in [5.41, 5.74) is -0.0360. The number of nitrogens with one attached hydrogen (secondary N) is 2. The Morgan fingerprint density at radius 1 is 1.20 bits per heavy atom. The van der Waals surface area contributed by atoms with Gasteiger partial charge in [0.25, 0.3) is 0 Å². The Balaban J connectivity index is 1.84. The van der Waals surface area contributed by atoms with Crippen LogP contribution in [-0.2, 0) is 0 Å². The number of aliphatic imine (C=N–C) groups is 1. The predicted molar refractivity (Wildman–Crippen MR) is 84.0 cm³/mol. The molecule has 0 spiro atoms. The van der Waals surface area contributed by atoms with Crippen LogP contribution in [0.3, 0.4) is 0 Å². The number of hydrogen-bond donors (Lipinski definition) is 3. The van der Waals surface area contributed by atoms with Crippen molar-refractivity contribution in [2.24, 2.45) is 10.4 Å². The molecule has 0 aromatic rings. The summed E-state index contributed by atoms with van der Waals surface area (Å²) in [5.74, 6) is 0.873. The molecule has 0 saturated heterocycles. The molecule has 0 aliphatic heterocycles. The van der Waals surface area contributed by atoms with E-state index in [1.807, 2.05) is 0 Å². The highest BCUT2D eigenvalue weighted by molar-refractivity contribution is 5.80. The molecule has 0 heterocycles. The maximum atomic E-state index is 10.1. The fourth-order valence-electron chi connectivity index (χ4n) is 3.03. The molecule has 4 heteroatoms. The molecule has 0 bridgehead atoms. The lowest BCUT2D eigenvalue weighted by Gasteiger charge is -2.36. The van der Waals surface area contributed by atoms with Gasteiger partial charge in [-0.15, -0.1) is 0 Å². The molecule has 20 heavy (non-hydrogen) atoms. The van der Waals surface area contributed by atoms with Gasteiger partial charge in [-0.3, -0.25) is 4.99 Å². The summed E-state index contributed by atoms with van der Waals surface area (Å²) in [5, 5.41) is 17.0. The number of hydrogen-bond acceptors (Lipinski definition) is 2. The summed E-state index contributed by atoms with van der Waals surface area (Å²) in [6.45, 7) is 8.19. The molecule has 4 nitrogen and oxygen atoms in total. The molecule has 0 radical (unpaired) electrons. The van der Waals surface area contributed by atoms with Crippen LogP contribution < -0.4 is 10.6 Å². The first-order chi connectivity index (χ1) is 9.42. The van der Waals surface area contributed by atoms with Crippen LogP contribution in [0.1, 0.15) is 65.7 Å². The highest BCUT2D eigenvalue weighted by atomic mass is 16.3. The molecular formula is C16H31N3O. The summed E-state index contributed by atoms with van der Waals surface area (Å²) >= 11 is 0. The molecule has 2 aliphatic rings. The van der Waals surface area contributed by atoms with E-state index in [0.29, 0.717) is 18.0 Å². The SMILES string of the molecule is CCNC(=NCC1(O)CCC1)NC1CCC(C)(C)CC1. The van der Waals surface area contributed by atoms with E-state index in [1.54, 1.807) is 0 Å². The molecule has 2 aliphatic carbocycles. The van der Waals surface area contributed by atoms with Gasteiger partial charge in [-0.25, -0.2) is 0 Å². The van der Waals surface area contributed by atoms with Crippen molar-refractivity contribution in [2.45, 2.75) is 77.4 Å². The highest BCUT2D eigenvalue weighted by Gasteiger charge is 2.34. The van der Waals surface area contributed by atoms with Crippen LogP contribution in [0.5, 0.6) is 0 Å². The second-order valence-electron chi connectivity index (χ2n) is 7.36. The molecule has 116 valence electrons. The normalized spacial score (nSPS) is 25.9. The van der Waals surface area contributed by atoms with Crippen LogP contribution in [0.15, 0.2) is 4.99 Å². The zero-order chi connectivity index (χ0) is 14.6. The van der Waals surface area contributed by atoms with E-state index >= 15 is 0 Å². The van der Waals surface area contributed by atoms with Crippen molar-refractivity contribution in [1.82, 2.24) is 10.6 Å². The van der Waals surface area contributed by atoms with Crippen LogP contribution in [0, 0.1) is 5.41 Å². The van der Waals surface area contributed by atoms with Crippen LogP contribution in [0.2, 0.25) is 0 Å². The van der Waals surface area contributed by atoms with Gasteiger partial charge in [-0.2, -0.15) is 0 Å². The van der Waals surface area contributed by atoms with E-state index in [2.05, 4.69) is 36.4 Å². The Morgan fingerprint density at radius 2 is 1.85 bits per heavy atom. The molecule has 0 aromatic heterocycles. The molecule has 3 N–H and O–H groups in total. The molecule has 0 unspecified atom stereocenters. The van der Waals surface area contributed by atoms with E-state index in [9.17, 15) is 5.11 Å². The Bertz CT molecular complexity index is 338. The van der Waals surface area contributed by atoms with Gasteiger partial charge < -0.3 is 15.7 Å². The van der Waals surface area contributed by atoms with Gasteiger partial charge in [0.05, 0.1) is 12.1 Å². The topological polar surface area (TPSA) is 56.7 Å². The number of aliphatic hydroxyl groups is 1. The molecule has 0 amide bonds. The minimum Gasteiger partial charge on any atom is -0.388 e. The smallest absolute Gasteiger partial charge is 0.191 e. The second-order valence-corrected chi connectivity index (χ2v) is 7.36. The third kappa shape index (κ3) is 4.37. The van der Waals surface area contributed by atoms with E-state index in [-0.39, 0.29) is 0 Å². The van der Waals surface area contributed by atoms with Gasteiger partial charge in [0.15, 0.2) is 5.96 Å². The maximum Gasteiger partial charge on any atom is 0.191 e. The van der Waals surface area contributed by atoms with Gasteiger partial charge in [0, 0.05) is 12.6 Å². The molecule has 0 atom stereocenters. The highest BCUT2D eigenvalue weighted by Crippen LogP contribution is 2.35. The number of guanidine groups is 1. The van der Waals surface area contributed by atoms with Crippen molar-refractivity contribution in [2.75, 3.05) is 13.1 Å². The summed E-state index contributed by atoms with van der Waals surface area (Å²) in [6.07, 6.45) is 7.89.